The summed E-state index contributed by atoms with van der Waals surface area (Å²) in [5.74, 6) is 0. The Morgan fingerprint density at radius 2 is 1.10 bits per heavy atom. The first-order valence-corrected chi connectivity index (χ1v) is 18.4. The molecule has 0 saturated carbocycles. The van der Waals surface area contributed by atoms with E-state index in [1.807, 2.05) is 0 Å². The van der Waals surface area contributed by atoms with Crippen LogP contribution in [0.2, 0.25) is 0 Å². The van der Waals surface area contributed by atoms with Crippen molar-refractivity contribution in [3.8, 4) is 16.8 Å². The van der Waals surface area contributed by atoms with Gasteiger partial charge in [0.15, 0.2) is 0 Å². The number of fused-ring (bicyclic) bond motifs is 8. The second-order valence-corrected chi connectivity index (χ2v) is 14.8. The quantitative estimate of drug-likeness (QED) is 0.163. The van der Waals surface area contributed by atoms with Gasteiger partial charge in [-0.1, -0.05) is 0 Å². The van der Waals surface area contributed by atoms with Gasteiger partial charge in [0.05, 0.1) is 0 Å². The molecule has 0 aliphatic heterocycles. The molecule has 0 aliphatic rings. The third-order valence-corrected chi connectivity index (χ3v) is 12.3. The van der Waals surface area contributed by atoms with Gasteiger partial charge in [0, 0.05) is 0 Å². The number of anilines is 3. The number of benzene rings is 8. The van der Waals surface area contributed by atoms with Crippen molar-refractivity contribution in [1.82, 2.24) is 4.57 Å². The van der Waals surface area contributed by atoms with Crippen LogP contribution < -0.4 is 4.90 Å². The van der Waals surface area contributed by atoms with Crippen LogP contribution in [0.25, 0.3) is 68.7 Å². The average Bonchev–Trinajstić information content (AvgIpc) is 3.72. The van der Waals surface area contributed by atoms with E-state index in [0.29, 0.717) is 0 Å². The predicted octanol–water partition coefficient (Wildman–Crippen LogP) is 12.4. The van der Waals surface area contributed by atoms with Crippen LogP contribution in [0.4, 0.5) is 17.1 Å². The summed E-state index contributed by atoms with van der Waals surface area (Å²) in [5, 5.41) is 7.92. The van der Waals surface area contributed by atoms with Crippen molar-refractivity contribution in [3.63, 3.8) is 0 Å². The van der Waals surface area contributed by atoms with Gasteiger partial charge >= 0.3 is 292 Å². The van der Waals surface area contributed by atoms with E-state index >= 15 is 0 Å². The predicted molar refractivity (Wildman–Crippen MR) is 210 cm³/mol. The van der Waals surface area contributed by atoms with Crippen LogP contribution >= 0.6 is 0 Å². The Balaban J connectivity index is 1.28. The third-order valence-electron chi connectivity index (χ3n) is 9.75. The van der Waals surface area contributed by atoms with Crippen molar-refractivity contribution in [1.29, 1.82) is 0 Å². The molecule has 10 aromatic rings. The average molecular weight is 690 g/mol. The summed E-state index contributed by atoms with van der Waals surface area (Å²) in [7, 11) is 0. The molecule has 8 aromatic carbocycles. The van der Waals surface area contributed by atoms with Crippen LogP contribution in [0.3, 0.4) is 0 Å². The molecule has 0 fully saturated rings. The number of hydrogen-bond acceptors (Lipinski definition) is 1. The fourth-order valence-corrected chi connectivity index (χ4v) is 10.2. The SMILES string of the molecule is c1ccc(-c2cccc(N(c3ccc4c(c3)[se]c3c5ccccc5ccc43)c3cccc4c5ccccc5n(-c5ccccc5)c34)c2)cc1. The first kappa shape index (κ1) is 28.2. The van der Waals surface area contributed by atoms with Gasteiger partial charge in [0.1, 0.15) is 0 Å². The van der Waals surface area contributed by atoms with Gasteiger partial charge in [-0.05, 0) is 0 Å². The van der Waals surface area contributed by atoms with Crippen molar-refractivity contribution in [2.45, 2.75) is 0 Å². The van der Waals surface area contributed by atoms with E-state index in [9.17, 15) is 0 Å². The standard InChI is InChI=1S/C46H30N2Se/c1-3-13-31(14-4-1)33-16-11-19-35(29-33)47(36-26-28-39-41-27-25-32-15-7-8-20-37(32)46(41)49-44(39)30-36)43-24-12-22-40-38-21-9-10-23-42(38)48(45(40)43)34-17-5-2-6-18-34/h1-30H. The number of aromatic nitrogens is 1. The fourth-order valence-electron chi connectivity index (χ4n) is 7.54. The van der Waals surface area contributed by atoms with Gasteiger partial charge in [0.25, 0.3) is 0 Å². The van der Waals surface area contributed by atoms with Crippen LogP contribution in [0.5, 0.6) is 0 Å². The Labute approximate surface area is 290 Å². The summed E-state index contributed by atoms with van der Waals surface area (Å²) >= 11 is 0.198. The molecule has 2 nitrogen and oxygen atoms in total. The molecule has 230 valence electrons. The molecule has 2 aromatic heterocycles. The van der Waals surface area contributed by atoms with E-state index in [0.717, 1.165) is 17.1 Å². The summed E-state index contributed by atoms with van der Waals surface area (Å²) in [6, 6.07) is 66.6. The molecule has 0 atom stereocenters. The first-order chi connectivity index (χ1) is 24.3. The molecule has 0 saturated heterocycles. The number of nitrogens with zero attached hydrogens (tertiary/aromatic N) is 2. The Morgan fingerprint density at radius 1 is 0.429 bits per heavy atom. The van der Waals surface area contributed by atoms with Crippen molar-refractivity contribution >= 4 is 83.4 Å². The van der Waals surface area contributed by atoms with E-state index in [1.54, 1.807) is 0 Å². The van der Waals surface area contributed by atoms with Gasteiger partial charge in [-0.25, -0.2) is 0 Å². The zero-order valence-corrected chi connectivity index (χ0v) is 28.3. The molecule has 0 amide bonds. The summed E-state index contributed by atoms with van der Waals surface area (Å²) in [5.41, 5.74) is 9.40. The Hall–Kier alpha value is -5.86. The molecule has 0 unspecified atom stereocenters. The molecule has 0 N–H and O–H groups in total. The number of hydrogen-bond donors (Lipinski definition) is 0. The first-order valence-electron chi connectivity index (χ1n) is 16.7. The van der Waals surface area contributed by atoms with Crippen molar-refractivity contribution in [2.24, 2.45) is 0 Å². The molecule has 10 rings (SSSR count). The second-order valence-electron chi connectivity index (χ2n) is 12.6. The van der Waals surface area contributed by atoms with Crippen LogP contribution in [-0.4, -0.2) is 19.1 Å². The van der Waals surface area contributed by atoms with Crippen LogP contribution in [0.15, 0.2) is 182 Å². The minimum absolute atomic E-state index is 0.198. The Bertz CT molecular complexity index is 2830. The van der Waals surface area contributed by atoms with Gasteiger partial charge in [-0.2, -0.15) is 0 Å². The minimum atomic E-state index is 0.198. The van der Waals surface area contributed by atoms with E-state index in [1.165, 1.54) is 68.7 Å². The van der Waals surface area contributed by atoms with Gasteiger partial charge in [0.2, 0.25) is 0 Å². The van der Waals surface area contributed by atoms with Crippen LogP contribution in [-0.2, 0) is 0 Å². The van der Waals surface area contributed by atoms with Crippen LogP contribution in [0.1, 0.15) is 0 Å². The zero-order chi connectivity index (χ0) is 32.3. The Kier molecular flexibility index (Phi) is 6.55. The maximum atomic E-state index is 2.48. The van der Waals surface area contributed by atoms with E-state index in [4.69, 9.17) is 0 Å². The molecule has 2 heterocycles. The normalized spacial score (nSPS) is 11.7. The number of para-hydroxylation sites is 3. The maximum absolute atomic E-state index is 2.48. The molecule has 3 heteroatoms. The molecule has 0 bridgehead atoms. The third kappa shape index (κ3) is 4.55. The summed E-state index contributed by atoms with van der Waals surface area (Å²) in [6.07, 6.45) is 0. The van der Waals surface area contributed by atoms with E-state index in [-0.39, 0.29) is 14.5 Å². The van der Waals surface area contributed by atoms with Crippen LogP contribution in [0, 0.1) is 0 Å². The molecule has 0 radical (unpaired) electrons. The number of rotatable bonds is 5. The zero-order valence-electron chi connectivity index (χ0n) is 26.6. The van der Waals surface area contributed by atoms with E-state index < -0.39 is 0 Å². The topological polar surface area (TPSA) is 8.17 Å². The van der Waals surface area contributed by atoms with E-state index in [2.05, 4.69) is 191 Å². The van der Waals surface area contributed by atoms with Crippen molar-refractivity contribution < 1.29 is 0 Å². The second kappa shape index (κ2) is 11.4. The monoisotopic (exact) mass is 690 g/mol. The van der Waals surface area contributed by atoms with Crippen molar-refractivity contribution in [2.75, 3.05) is 4.90 Å². The fraction of sp³-hybridized carbons (Fsp3) is 0. The van der Waals surface area contributed by atoms with Gasteiger partial charge < -0.3 is 0 Å². The summed E-state index contributed by atoms with van der Waals surface area (Å²) in [4.78, 5) is 2.48. The Morgan fingerprint density at radius 3 is 1.98 bits per heavy atom. The van der Waals surface area contributed by atoms with Gasteiger partial charge in [-0.15, -0.1) is 0 Å². The molecule has 49 heavy (non-hydrogen) atoms. The summed E-state index contributed by atoms with van der Waals surface area (Å²) in [6.45, 7) is 0. The molecule has 0 aliphatic carbocycles. The van der Waals surface area contributed by atoms with Crippen molar-refractivity contribution in [3.05, 3.63) is 182 Å². The van der Waals surface area contributed by atoms with Gasteiger partial charge in [-0.3, -0.25) is 0 Å². The molecular weight excluding hydrogens is 659 g/mol. The summed E-state index contributed by atoms with van der Waals surface area (Å²) < 4.78 is 5.35. The molecular formula is C46H30N2Se. The molecule has 0 spiro atoms.